The maximum Gasteiger partial charge on any atom is 0.134 e. The molecule has 0 amide bonds. The number of benzene rings is 1. The van der Waals surface area contributed by atoms with Crippen LogP contribution >= 0.6 is 12.6 Å². The quantitative estimate of drug-likeness (QED) is 0.378. The number of thiol groups is 1. The van der Waals surface area contributed by atoms with E-state index in [0.717, 1.165) is 39.4 Å². The molecule has 0 saturated heterocycles. The molecule has 25 heavy (non-hydrogen) atoms. The van der Waals surface area contributed by atoms with E-state index < -0.39 is 0 Å². The van der Waals surface area contributed by atoms with E-state index in [4.69, 9.17) is 9.97 Å². The molecule has 0 aliphatic rings. The SMILES string of the molecule is SCNc1cccc(Cc2nc(-c3cccnc3)c3[nH]ccc3n2)c1. The second-order valence-electron chi connectivity index (χ2n) is 5.68. The van der Waals surface area contributed by atoms with E-state index in [0.29, 0.717) is 12.3 Å². The zero-order valence-corrected chi connectivity index (χ0v) is 14.4. The Balaban J connectivity index is 1.74. The third-order valence-electron chi connectivity index (χ3n) is 3.96. The van der Waals surface area contributed by atoms with Gasteiger partial charge in [-0.25, -0.2) is 9.97 Å². The fourth-order valence-electron chi connectivity index (χ4n) is 2.85. The van der Waals surface area contributed by atoms with E-state index in [1.165, 1.54) is 0 Å². The van der Waals surface area contributed by atoms with Crippen molar-refractivity contribution in [1.82, 2.24) is 19.9 Å². The van der Waals surface area contributed by atoms with Crippen molar-refractivity contribution in [2.24, 2.45) is 0 Å². The molecule has 0 spiro atoms. The van der Waals surface area contributed by atoms with Gasteiger partial charge in [0.1, 0.15) is 5.82 Å². The van der Waals surface area contributed by atoms with Gasteiger partial charge in [-0.2, -0.15) is 12.6 Å². The summed E-state index contributed by atoms with van der Waals surface area (Å²) in [6.07, 6.45) is 6.14. The number of hydrogen-bond donors (Lipinski definition) is 3. The van der Waals surface area contributed by atoms with Crippen LogP contribution in [0.4, 0.5) is 5.69 Å². The van der Waals surface area contributed by atoms with Gasteiger partial charge in [-0.15, -0.1) is 0 Å². The Morgan fingerprint density at radius 2 is 2.04 bits per heavy atom. The van der Waals surface area contributed by atoms with Gasteiger partial charge in [-0.05, 0) is 35.9 Å². The Morgan fingerprint density at radius 3 is 2.88 bits per heavy atom. The smallest absolute Gasteiger partial charge is 0.134 e. The molecule has 0 unspecified atom stereocenters. The number of H-pyrrole nitrogens is 1. The summed E-state index contributed by atoms with van der Waals surface area (Å²) in [6.45, 7) is 0. The Bertz CT molecular complexity index is 997. The predicted octanol–water partition coefficient (Wildman–Crippen LogP) is 3.91. The standard InChI is InChI=1S/C19H17N5S/c25-12-22-15-5-1-3-13(9-15)10-17-23-16-6-8-21-19(16)18(24-17)14-4-2-7-20-11-14/h1-9,11,21-22,25H,10,12H2. The van der Waals surface area contributed by atoms with Gasteiger partial charge < -0.3 is 10.3 Å². The molecule has 0 atom stereocenters. The monoisotopic (exact) mass is 347 g/mol. The van der Waals surface area contributed by atoms with Crippen molar-refractivity contribution < 1.29 is 0 Å². The molecular formula is C19H17N5S. The van der Waals surface area contributed by atoms with Gasteiger partial charge in [0.15, 0.2) is 0 Å². The molecule has 0 aliphatic heterocycles. The summed E-state index contributed by atoms with van der Waals surface area (Å²) in [5.74, 6) is 1.38. The van der Waals surface area contributed by atoms with Crippen LogP contribution in [0.1, 0.15) is 11.4 Å². The first-order chi connectivity index (χ1) is 12.3. The molecule has 124 valence electrons. The zero-order valence-electron chi connectivity index (χ0n) is 13.5. The van der Waals surface area contributed by atoms with E-state index in [1.54, 1.807) is 6.20 Å². The number of rotatable bonds is 5. The molecule has 3 aromatic heterocycles. The molecular weight excluding hydrogens is 330 g/mol. The van der Waals surface area contributed by atoms with Crippen molar-refractivity contribution >= 4 is 29.3 Å². The number of hydrogen-bond acceptors (Lipinski definition) is 5. The third kappa shape index (κ3) is 3.34. The van der Waals surface area contributed by atoms with Crippen LogP contribution in [0.3, 0.4) is 0 Å². The molecule has 0 fully saturated rings. The Hall–Kier alpha value is -2.86. The average Bonchev–Trinajstić information content (AvgIpc) is 3.11. The number of anilines is 1. The van der Waals surface area contributed by atoms with E-state index in [2.05, 4.69) is 40.0 Å². The highest BCUT2D eigenvalue weighted by molar-refractivity contribution is 7.80. The highest BCUT2D eigenvalue weighted by Crippen LogP contribution is 2.25. The fourth-order valence-corrected chi connectivity index (χ4v) is 3.03. The first kappa shape index (κ1) is 15.7. The van der Waals surface area contributed by atoms with Crippen molar-refractivity contribution in [3.63, 3.8) is 0 Å². The molecule has 4 aromatic rings. The average molecular weight is 347 g/mol. The molecule has 5 nitrogen and oxygen atoms in total. The van der Waals surface area contributed by atoms with Crippen LogP contribution in [0.25, 0.3) is 22.3 Å². The summed E-state index contributed by atoms with van der Waals surface area (Å²) in [6, 6.07) is 14.1. The van der Waals surface area contributed by atoms with Gasteiger partial charge in [0.2, 0.25) is 0 Å². The maximum absolute atomic E-state index is 4.80. The number of fused-ring (bicyclic) bond motifs is 1. The van der Waals surface area contributed by atoms with Gasteiger partial charge in [0, 0.05) is 36.3 Å². The minimum atomic E-state index is 0.598. The number of aromatic nitrogens is 4. The first-order valence-electron chi connectivity index (χ1n) is 8.01. The number of nitrogens with one attached hydrogen (secondary N) is 2. The second-order valence-corrected chi connectivity index (χ2v) is 6.00. The van der Waals surface area contributed by atoms with Crippen LogP contribution in [0.5, 0.6) is 0 Å². The lowest BCUT2D eigenvalue weighted by molar-refractivity contribution is 0.995. The topological polar surface area (TPSA) is 66.5 Å². The van der Waals surface area contributed by atoms with E-state index in [1.807, 2.05) is 42.7 Å². The largest absolute Gasteiger partial charge is 0.376 e. The second kappa shape index (κ2) is 6.94. The maximum atomic E-state index is 4.80. The lowest BCUT2D eigenvalue weighted by Gasteiger charge is -2.08. The summed E-state index contributed by atoms with van der Waals surface area (Å²) in [5, 5.41) is 3.21. The summed E-state index contributed by atoms with van der Waals surface area (Å²) in [5.41, 5.74) is 5.89. The predicted molar refractivity (Wildman–Crippen MR) is 104 cm³/mol. The van der Waals surface area contributed by atoms with Gasteiger partial charge in [0.05, 0.1) is 22.6 Å². The van der Waals surface area contributed by atoms with Crippen LogP contribution in [-0.2, 0) is 6.42 Å². The van der Waals surface area contributed by atoms with Crippen LogP contribution in [0, 0.1) is 0 Å². The molecule has 2 N–H and O–H groups in total. The minimum absolute atomic E-state index is 0.598. The van der Waals surface area contributed by atoms with E-state index in [9.17, 15) is 0 Å². The van der Waals surface area contributed by atoms with Crippen LogP contribution in [0.15, 0.2) is 61.1 Å². The van der Waals surface area contributed by atoms with Crippen molar-refractivity contribution in [2.45, 2.75) is 6.42 Å². The fraction of sp³-hybridized carbons (Fsp3) is 0.105. The van der Waals surface area contributed by atoms with Crippen LogP contribution in [0.2, 0.25) is 0 Å². The molecule has 0 aliphatic carbocycles. The Labute approximate surface area is 151 Å². The van der Waals surface area contributed by atoms with Gasteiger partial charge in [-0.3, -0.25) is 4.98 Å². The van der Waals surface area contributed by atoms with Crippen LogP contribution < -0.4 is 5.32 Å². The van der Waals surface area contributed by atoms with Gasteiger partial charge >= 0.3 is 0 Å². The van der Waals surface area contributed by atoms with E-state index >= 15 is 0 Å². The molecule has 0 bridgehead atoms. The normalized spacial score (nSPS) is 10.9. The third-order valence-corrected chi connectivity index (χ3v) is 4.12. The molecule has 0 saturated carbocycles. The molecule has 6 heteroatoms. The van der Waals surface area contributed by atoms with Gasteiger partial charge in [-0.1, -0.05) is 12.1 Å². The van der Waals surface area contributed by atoms with Crippen molar-refractivity contribution in [3.8, 4) is 11.3 Å². The number of nitrogens with zero attached hydrogens (tertiary/aromatic N) is 3. The van der Waals surface area contributed by atoms with Crippen molar-refractivity contribution in [2.75, 3.05) is 11.2 Å². The lowest BCUT2D eigenvalue weighted by Crippen LogP contribution is -2.01. The zero-order chi connectivity index (χ0) is 17.1. The van der Waals surface area contributed by atoms with Crippen molar-refractivity contribution in [3.05, 3.63) is 72.4 Å². The summed E-state index contributed by atoms with van der Waals surface area (Å²) in [4.78, 5) is 16.9. The van der Waals surface area contributed by atoms with Crippen molar-refractivity contribution in [1.29, 1.82) is 0 Å². The summed E-state index contributed by atoms with van der Waals surface area (Å²) < 4.78 is 0. The molecule has 3 heterocycles. The summed E-state index contributed by atoms with van der Waals surface area (Å²) >= 11 is 4.21. The number of aromatic amines is 1. The highest BCUT2D eigenvalue weighted by atomic mass is 32.1. The first-order valence-corrected chi connectivity index (χ1v) is 8.65. The molecule has 0 radical (unpaired) electrons. The highest BCUT2D eigenvalue weighted by Gasteiger charge is 2.11. The van der Waals surface area contributed by atoms with Gasteiger partial charge in [0.25, 0.3) is 0 Å². The molecule has 4 rings (SSSR count). The number of pyridine rings is 1. The Morgan fingerprint density at radius 1 is 1.08 bits per heavy atom. The minimum Gasteiger partial charge on any atom is -0.376 e. The molecule has 1 aromatic carbocycles. The Kier molecular flexibility index (Phi) is 4.35. The van der Waals surface area contributed by atoms with E-state index in [-0.39, 0.29) is 0 Å². The van der Waals surface area contributed by atoms with Crippen LogP contribution in [-0.4, -0.2) is 25.8 Å². The summed E-state index contributed by atoms with van der Waals surface area (Å²) in [7, 11) is 0. The lowest BCUT2D eigenvalue weighted by atomic mass is 10.1.